The number of carbonyl (C=O) groups is 2. The minimum Gasteiger partial charge on any atom is -0.331 e. The highest BCUT2D eigenvalue weighted by molar-refractivity contribution is 5.95. The van der Waals surface area contributed by atoms with Gasteiger partial charge in [0.05, 0.1) is 11.6 Å². The first kappa shape index (κ1) is 19.1. The number of anilines is 2. The largest absolute Gasteiger partial charge is 0.416 e. The molecule has 0 aromatic heterocycles. The summed E-state index contributed by atoms with van der Waals surface area (Å²) in [5, 5.41) is 8.28. The Bertz CT molecular complexity index is 990. The van der Waals surface area contributed by atoms with Crippen LogP contribution in [0.4, 0.5) is 34.1 Å². The second-order valence-electron chi connectivity index (χ2n) is 7.26. The number of aryl methyl sites for hydroxylation is 1. The van der Waals surface area contributed by atoms with Crippen LogP contribution in [-0.4, -0.2) is 24.0 Å². The molecule has 0 radical (unpaired) electrons. The monoisotopic (exact) mass is 404 g/mol. The van der Waals surface area contributed by atoms with Gasteiger partial charge in [0.15, 0.2) is 0 Å². The van der Waals surface area contributed by atoms with Crippen molar-refractivity contribution >= 4 is 23.4 Å². The Kier molecular flexibility index (Phi) is 4.60. The van der Waals surface area contributed by atoms with Crippen LogP contribution in [0.1, 0.15) is 34.7 Å². The molecule has 1 heterocycles. The van der Waals surface area contributed by atoms with E-state index in [-0.39, 0.29) is 12.1 Å². The summed E-state index contributed by atoms with van der Waals surface area (Å²) in [7, 11) is 1.69. The van der Waals surface area contributed by atoms with Crippen molar-refractivity contribution in [3.05, 3.63) is 58.7 Å². The highest BCUT2D eigenvalue weighted by Gasteiger charge is 2.33. The number of nitrogens with zero attached hydrogens (tertiary/aromatic N) is 1. The zero-order valence-electron chi connectivity index (χ0n) is 15.6. The molecule has 1 atom stereocenters. The first-order valence-electron chi connectivity index (χ1n) is 9.13. The van der Waals surface area contributed by atoms with E-state index in [0.29, 0.717) is 41.9 Å². The summed E-state index contributed by atoms with van der Waals surface area (Å²) in [6.45, 7) is 0.479. The zero-order valence-corrected chi connectivity index (χ0v) is 15.6. The average Bonchev–Trinajstić information content (AvgIpc) is 3.04. The molecular formula is C20H19F3N4O2. The van der Waals surface area contributed by atoms with Crippen molar-refractivity contribution < 1.29 is 22.8 Å². The summed E-state index contributed by atoms with van der Waals surface area (Å²) in [4.78, 5) is 25.7. The molecule has 4 rings (SSSR count). The molecule has 29 heavy (non-hydrogen) atoms. The standard InChI is InChI=1S/C20H19F3N4O2/c1-27-10-12-2-5-14(9-17(12)26-19(27)29)24-18(28)25-16-7-3-11-8-13(20(21,22)23)4-6-15(11)16/h2,4-6,8-9,16H,3,7,10H2,1H3,(H,26,29)(H2,24,25,28)/t16-/m1/s1. The van der Waals surface area contributed by atoms with E-state index >= 15 is 0 Å². The topological polar surface area (TPSA) is 73.5 Å². The van der Waals surface area contributed by atoms with Crippen molar-refractivity contribution in [3.63, 3.8) is 0 Å². The number of alkyl halides is 3. The molecule has 152 valence electrons. The number of amides is 4. The third-order valence-corrected chi connectivity index (χ3v) is 5.22. The van der Waals surface area contributed by atoms with E-state index in [0.717, 1.165) is 17.7 Å². The van der Waals surface area contributed by atoms with Gasteiger partial charge in [-0.1, -0.05) is 12.1 Å². The van der Waals surface area contributed by atoms with Crippen LogP contribution in [0.25, 0.3) is 0 Å². The van der Waals surface area contributed by atoms with Crippen LogP contribution >= 0.6 is 0 Å². The van der Waals surface area contributed by atoms with E-state index in [2.05, 4.69) is 16.0 Å². The minimum atomic E-state index is -4.38. The van der Waals surface area contributed by atoms with Crippen molar-refractivity contribution in [1.82, 2.24) is 10.2 Å². The molecule has 3 N–H and O–H groups in total. The first-order chi connectivity index (χ1) is 13.7. The molecule has 0 saturated heterocycles. The fourth-order valence-corrected chi connectivity index (χ4v) is 3.72. The van der Waals surface area contributed by atoms with Gasteiger partial charge in [-0.25, -0.2) is 9.59 Å². The number of urea groups is 2. The maximum absolute atomic E-state index is 12.9. The summed E-state index contributed by atoms with van der Waals surface area (Å²) >= 11 is 0. The second-order valence-corrected chi connectivity index (χ2v) is 7.26. The Morgan fingerprint density at radius 2 is 1.97 bits per heavy atom. The van der Waals surface area contributed by atoms with Gasteiger partial charge in [0, 0.05) is 25.0 Å². The molecule has 0 bridgehead atoms. The zero-order chi connectivity index (χ0) is 20.8. The first-order valence-corrected chi connectivity index (χ1v) is 9.13. The summed E-state index contributed by atoms with van der Waals surface area (Å²) < 4.78 is 38.6. The number of nitrogens with one attached hydrogen (secondary N) is 3. The van der Waals surface area contributed by atoms with Crippen LogP contribution in [0.2, 0.25) is 0 Å². The summed E-state index contributed by atoms with van der Waals surface area (Å²) in [6.07, 6.45) is -3.37. The normalized spacial score (nSPS) is 18.0. The highest BCUT2D eigenvalue weighted by atomic mass is 19.4. The molecule has 0 unspecified atom stereocenters. The van der Waals surface area contributed by atoms with Gasteiger partial charge in [-0.3, -0.25) is 0 Å². The Balaban J connectivity index is 1.43. The lowest BCUT2D eigenvalue weighted by Crippen LogP contribution is -2.35. The minimum absolute atomic E-state index is 0.222. The lowest BCUT2D eigenvalue weighted by molar-refractivity contribution is -0.137. The summed E-state index contributed by atoms with van der Waals surface area (Å²) in [6, 6.07) is 7.84. The van der Waals surface area contributed by atoms with Crippen molar-refractivity contribution in [2.24, 2.45) is 0 Å². The fraction of sp³-hybridized carbons (Fsp3) is 0.300. The maximum Gasteiger partial charge on any atom is 0.416 e. The van der Waals surface area contributed by atoms with Crippen LogP contribution in [0.15, 0.2) is 36.4 Å². The van der Waals surface area contributed by atoms with Crippen LogP contribution < -0.4 is 16.0 Å². The third kappa shape index (κ3) is 3.85. The van der Waals surface area contributed by atoms with E-state index in [1.54, 1.807) is 24.1 Å². The molecule has 0 fully saturated rings. The van der Waals surface area contributed by atoms with Crippen molar-refractivity contribution in [1.29, 1.82) is 0 Å². The average molecular weight is 404 g/mol. The van der Waals surface area contributed by atoms with Crippen LogP contribution in [0, 0.1) is 0 Å². The number of fused-ring (bicyclic) bond motifs is 2. The van der Waals surface area contributed by atoms with Crippen LogP contribution in [-0.2, 0) is 19.1 Å². The molecular weight excluding hydrogens is 385 g/mol. The smallest absolute Gasteiger partial charge is 0.331 e. The lowest BCUT2D eigenvalue weighted by atomic mass is 10.0. The highest BCUT2D eigenvalue weighted by Crippen LogP contribution is 2.36. The van der Waals surface area contributed by atoms with Gasteiger partial charge in [0.25, 0.3) is 0 Å². The Hall–Kier alpha value is -3.23. The van der Waals surface area contributed by atoms with E-state index in [1.807, 2.05) is 6.07 Å². The van der Waals surface area contributed by atoms with E-state index < -0.39 is 17.8 Å². The van der Waals surface area contributed by atoms with E-state index in [9.17, 15) is 22.8 Å². The van der Waals surface area contributed by atoms with Gasteiger partial charge in [-0.15, -0.1) is 0 Å². The molecule has 9 heteroatoms. The molecule has 0 spiro atoms. The van der Waals surface area contributed by atoms with Crippen molar-refractivity contribution in [2.75, 3.05) is 17.7 Å². The molecule has 4 amide bonds. The van der Waals surface area contributed by atoms with Crippen LogP contribution in [0.5, 0.6) is 0 Å². The van der Waals surface area contributed by atoms with Gasteiger partial charge in [0.2, 0.25) is 0 Å². The predicted molar refractivity (Wildman–Crippen MR) is 102 cm³/mol. The Morgan fingerprint density at radius 1 is 1.17 bits per heavy atom. The van der Waals surface area contributed by atoms with Gasteiger partial charge < -0.3 is 20.9 Å². The SMILES string of the molecule is CN1Cc2ccc(NC(=O)N[C@@H]3CCc4cc(C(F)(F)F)ccc43)cc2NC1=O. The van der Waals surface area contributed by atoms with Gasteiger partial charge >= 0.3 is 18.2 Å². The fourth-order valence-electron chi connectivity index (χ4n) is 3.72. The number of benzene rings is 2. The van der Waals surface area contributed by atoms with Gasteiger partial charge in [0.1, 0.15) is 0 Å². The van der Waals surface area contributed by atoms with Crippen LogP contribution in [0.3, 0.4) is 0 Å². The van der Waals surface area contributed by atoms with Crippen molar-refractivity contribution in [3.8, 4) is 0 Å². The molecule has 6 nitrogen and oxygen atoms in total. The molecule has 0 saturated carbocycles. The van der Waals surface area contributed by atoms with Gasteiger partial charge in [-0.05, 0) is 53.8 Å². The Labute approximate surface area is 165 Å². The molecule has 2 aromatic carbocycles. The summed E-state index contributed by atoms with van der Waals surface area (Å²) in [5.74, 6) is 0. The lowest BCUT2D eigenvalue weighted by Gasteiger charge is -2.26. The van der Waals surface area contributed by atoms with E-state index in [4.69, 9.17) is 0 Å². The molecule has 1 aliphatic heterocycles. The predicted octanol–water partition coefficient (Wildman–Crippen LogP) is 4.49. The molecule has 2 aliphatic rings. The van der Waals surface area contributed by atoms with E-state index in [1.165, 1.54) is 6.07 Å². The molecule has 1 aliphatic carbocycles. The quantitative estimate of drug-likeness (QED) is 0.690. The number of halogens is 3. The Morgan fingerprint density at radius 3 is 2.72 bits per heavy atom. The second kappa shape index (κ2) is 6.98. The van der Waals surface area contributed by atoms with Crippen molar-refractivity contribution in [2.45, 2.75) is 31.6 Å². The number of hydrogen-bond donors (Lipinski definition) is 3. The number of rotatable bonds is 2. The number of hydrogen-bond acceptors (Lipinski definition) is 2. The maximum atomic E-state index is 12.9. The van der Waals surface area contributed by atoms with Gasteiger partial charge in [-0.2, -0.15) is 13.2 Å². The third-order valence-electron chi connectivity index (χ3n) is 5.22. The number of carbonyl (C=O) groups excluding carboxylic acids is 2. The molecule has 2 aromatic rings. The summed E-state index contributed by atoms with van der Waals surface area (Å²) in [5.41, 5.74) is 2.71.